The molecular weight excluding hydrogens is 350 g/mol. The van der Waals surface area contributed by atoms with Gasteiger partial charge in [0.25, 0.3) is 0 Å². The first-order chi connectivity index (χ1) is 12.2. The van der Waals surface area contributed by atoms with E-state index in [1.54, 1.807) is 0 Å². The number of nitrogens with one attached hydrogen (secondary N) is 1. The molecule has 1 amide bonds. The molecule has 0 radical (unpaired) electrons. The highest BCUT2D eigenvalue weighted by Gasteiger charge is 2.36. The van der Waals surface area contributed by atoms with Crippen molar-refractivity contribution in [2.75, 3.05) is 5.32 Å². The number of anilines is 1. The fourth-order valence-electron chi connectivity index (χ4n) is 3.89. The average molecular weight is 376 g/mol. The van der Waals surface area contributed by atoms with Gasteiger partial charge in [0.2, 0.25) is 5.91 Å². The molecule has 2 heterocycles. The number of fused-ring (bicyclic) bond motifs is 1. The Morgan fingerprint density at radius 3 is 2.50 bits per heavy atom. The van der Waals surface area contributed by atoms with Gasteiger partial charge in [-0.2, -0.15) is 0 Å². The molecule has 0 bridgehead atoms. The number of aromatic nitrogens is 3. The fraction of sp³-hybridized carbons (Fsp3) is 0.526. The average Bonchev–Trinajstić information content (AvgIpc) is 3.17. The number of hydrogen-bond acceptors (Lipinski definition) is 4. The predicted octanol–water partition coefficient (Wildman–Crippen LogP) is 3.30. The first-order valence-electron chi connectivity index (χ1n) is 9.29. The molecule has 1 aliphatic carbocycles. The summed E-state index contributed by atoms with van der Waals surface area (Å²) in [5.74, 6) is 1.92. The van der Waals surface area contributed by atoms with E-state index in [-0.39, 0.29) is 18.3 Å². The molecule has 0 saturated heterocycles. The van der Waals surface area contributed by atoms with Gasteiger partial charge in [-0.05, 0) is 49.9 Å². The second kappa shape index (κ2) is 7.76. The molecular formula is C19H26ClN5O. The van der Waals surface area contributed by atoms with Gasteiger partial charge in [0.1, 0.15) is 5.82 Å². The lowest BCUT2D eigenvalue weighted by atomic mass is 9.98. The monoisotopic (exact) mass is 375 g/mol. The molecule has 1 saturated carbocycles. The number of carbonyl (C=O) groups is 1. The zero-order valence-corrected chi connectivity index (χ0v) is 15.7. The largest absolute Gasteiger partial charge is 0.324 e. The Morgan fingerprint density at radius 1 is 1.04 bits per heavy atom. The van der Waals surface area contributed by atoms with Gasteiger partial charge in [-0.15, -0.1) is 22.6 Å². The Balaban J connectivity index is 0.00000196. The van der Waals surface area contributed by atoms with Gasteiger partial charge in [0.15, 0.2) is 5.82 Å². The van der Waals surface area contributed by atoms with Crippen LogP contribution in [0.1, 0.15) is 50.8 Å². The van der Waals surface area contributed by atoms with E-state index < -0.39 is 5.54 Å². The van der Waals surface area contributed by atoms with E-state index in [2.05, 4.69) is 20.1 Å². The van der Waals surface area contributed by atoms with Crippen LogP contribution >= 0.6 is 12.4 Å². The summed E-state index contributed by atoms with van der Waals surface area (Å²) in [6.45, 7) is 0.978. The third-order valence-electron chi connectivity index (χ3n) is 5.46. The molecule has 4 rings (SSSR count). The van der Waals surface area contributed by atoms with Crippen molar-refractivity contribution in [2.45, 2.75) is 63.5 Å². The van der Waals surface area contributed by atoms with Gasteiger partial charge >= 0.3 is 0 Å². The molecule has 1 aliphatic heterocycles. The van der Waals surface area contributed by atoms with Crippen LogP contribution in [0.3, 0.4) is 0 Å². The van der Waals surface area contributed by atoms with Crippen LogP contribution in [0.25, 0.3) is 11.4 Å². The minimum absolute atomic E-state index is 0. The zero-order chi connectivity index (χ0) is 17.3. The lowest BCUT2D eigenvalue weighted by Gasteiger charge is -2.22. The van der Waals surface area contributed by atoms with Crippen LogP contribution in [0.4, 0.5) is 5.69 Å². The second-order valence-electron chi connectivity index (χ2n) is 7.30. The van der Waals surface area contributed by atoms with E-state index >= 15 is 0 Å². The number of nitrogens with zero attached hydrogens (tertiary/aromatic N) is 3. The number of rotatable bonds is 3. The Bertz CT molecular complexity index is 765. The molecule has 0 atom stereocenters. The molecule has 1 aromatic heterocycles. The standard InChI is InChI=1S/C19H25N5O.ClH/c20-19(11-3-4-12-19)18(25)21-15-9-7-14(8-10-15)17-23-22-16-6-2-1-5-13-24(16)17;/h7-10H,1-6,11-13,20H2,(H,21,25);1H. The van der Waals surface area contributed by atoms with Crippen molar-refractivity contribution in [3.8, 4) is 11.4 Å². The van der Waals surface area contributed by atoms with Gasteiger partial charge in [-0.1, -0.05) is 19.3 Å². The van der Waals surface area contributed by atoms with Crippen LogP contribution in [0.15, 0.2) is 24.3 Å². The zero-order valence-electron chi connectivity index (χ0n) is 14.9. The number of carbonyl (C=O) groups excluding carboxylic acids is 1. The van der Waals surface area contributed by atoms with E-state index in [1.807, 2.05) is 24.3 Å². The summed E-state index contributed by atoms with van der Waals surface area (Å²) in [6.07, 6.45) is 8.19. The molecule has 3 N–H and O–H groups in total. The smallest absolute Gasteiger partial charge is 0.244 e. The fourth-order valence-corrected chi connectivity index (χ4v) is 3.89. The molecule has 140 valence electrons. The maximum absolute atomic E-state index is 12.4. The van der Waals surface area contributed by atoms with Crippen LogP contribution < -0.4 is 11.1 Å². The Kier molecular flexibility index (Phi) is 5.63. The Morgan fingerprint density at radius 2 is 1.77 bits per heavy atom. The summed E-state index contributed by atoms with van der Waals surface area (Å²) >= 11 is 0. The molecule has 1 fully saturated rings. The number of aryl methyl sites for hydroxylation is 1. The molecule has 6 nitrogen and oxygen atoms in total. The van der Waals surface area contributed by atoms with Crippen molar-refractivity contribution in [3.63, 3.8) is 0 Å². The SMILES string of the molecule is Cl.NC1(C(=O)Nc2ccc(-c3nnc4n3CCCCC4)cc2)CCCC1. The van der Waals surface area contributed by atoms with Crippen LogP contribution in [0.2, 0.25) is 0 Å². The van der Waals surface area contributed by atoms with E-state index in [0.29, 0.717) is 0 Å². The van der Waals surface area contributed by atoms with Crippen LogP contribution in [-0.2, 0) is 17.8 Å². The third kappa shape index (κ3) is 3.62. The number of benzene rings is 1. The normalized spacial score (nSPS) is 18.5. The summed E-state index contributed by atoms with van der Waals surface area (Å²) in [6, 6.07) is 7.83. The maximum atomic E-state index is 12.4. The van der Waals surface area contributed by atoms with Crippen molar-refractivity contribution in [1.82, 2.24) is 14.8 Å². The summed E-state index contributed by atoms with van der Waals surface area (Å²) < 4.78 is 2.23. The van der Waals surface area contributed by atoms with E-state index in [1.165, 1.54) is 19.3 Å². The molecule has 2 aliphatic rings. The Hall–Kier alpha value is -1.92. The van der Waals surface area contributed by atoms with E-state index in [9.17, 15) is 4.79 Å². The lowest BCUT2D eigenvalue weighted by molar-refractivity contribution is -0.121. The molecule has 0 spiro atoms. The van der Waals surface area contributed by atoms with Crippen molar-refractivity contribution in [2.24, 2.45) is 5.73 Å². The predicted molar refractivity (Wildman–Crippen MR) is 104 cm³/mol. The van der Waals surface area contributed by atoms with Gasteiger partial charge < -0.3 is 15.6 Å². The Labute approximate surface area is 160 Å². The van der Waals surface area contributed by atoms with Crippen LogP contribution in [0.5, 0.6) is 0 Å². The topological polar surface area (TPSA) is 85.8 Å². The van der Waals surface area contributed by atoms with Crippen molar-refractivity contribution in [1.29, 1.82) is 0 Å². The lowest BCUT2D eigenvalue weighted by Crippen LogP contribution is -2.48. The van der Waals surface area contributed by atoms with Crippen molar-refractivity contribution >= 4 is 24.0 Å². The second-order valence-corrected chi connectivity index (χ2v) is 7.30. The minimum atomic E-state index is -0.705. The summed E-state index contributed by atoms with van der Waals surface area (Å²) in [5, 5.41) is 11.7. The van der Waals surface area contributed by atoms with Gasteiger partial charge in [0.05, 0.1) is 5.54 Å². The number of halogens is 1. The molecule has 26 heavy (non-hydrogen) atoms. The molecule has 2 aromatic rings. The first-order valence-corrected chi connectivity index (χ1v) is 9.29. The van der Waals surface area contributed by atoms with Crippen molar-refractivity contribution < 1.29 is 4.79 Å². The highest BCUT2D eigenvalue weighted by atomic mass is 35.5. The minimum Gasteiger partial charge on any atom is -0.324 e. The van der Waals surface area contributed by atoms with Crippen LogP contribution in [-0.4, -0.2) is 26.2 Å². The molecule has 1 aromatic carbocycles. The number of nitrogens with two attached hydrogens (primary N) is 1. The number of amides is 1. The maximum Gasteiger partial charge on any atom is 0.244 e. The van der Waals surface area contributed by atoms with Crippen molar-refractivity contribution in [3.05, 3.63) is 30.1 Å². The summed E-state index contributed by atoms with van der Waals surface area (Å²) in [7, 11) is 0. The van der Waals surface area contributed by atoms with Gasteiger partial charge in [0, 0.05) is 24.2 Å². The van der Waals surface area contributed by atoms with Crippen LogP contribution in [0, 0.1) is 0 Å². The molecule has 0 unspecified atom stereocenters. The van der Waals surface area contributed by atoms with Gasteiger partial charge in [-0.25, -0.2) is 0 Å². The summed E-state index contributed by atoms with van der Waals surface area (Å²) in [5.41, 5.74) is 7.32. The van der Waals surface area contributed by atoms with E-state index in [0.717, 1.165) is 61.5 Å². The quantitative estimate of drug-likeness (QED) is 0.861. The third-order valence-corrected chi connectivity index (χ3v) is 5.46. The van der Waals surface area contributed by atoms with Gasteiger partial charge in [-0.3, -0.25) is 4.79 Å². The highest BCUT2D eigenvalue weighted by Crippen LogP contribution is 2.29. The molecule has 7 heteroatoms. The van der Waals surface area contributed by atoms with E-state index in [4.69, 9.17) is 5.73 Å². The highest BCUT2D eigenvalue weighted by molar-refractivity contribution is 5.98. The summed E-state index contributed by atoms with van der Waals surface area (Å²) in [4.78, 5) is 12.4. The first kappa shape index (κ1) is 18.9. The number of hydrogen-bond donors (Lipinski definition) is 2.